The van der Waals surface area contributed by atoms with Crippen molar-refractivity contribution in [2.75, 3.05) is 26.8 Å². The van der Waals surface area contributed by atoms with Crippen LogP contribution in [-0.2, 0) is 16.1 Å². The largest absolute Gasteiger partial charge is 0.497 e. The zero-order chi connectivity index (χ0) is 12.8. The van der Waals surface area contributed by atoms with Gasteiger partial charge in [0, 0.05) is 19.6 Å². The van der Waals surface area contributed by atoms with Gasteiger partial charge in [-0.2, -0.15) is 0 Å². The molecular formula is C13H19ClN2O3. The van der Waals surface area contributed by atoms with Crippen LogP contribution in [0.2, 0.25) is 0 Å². The average molecular weight is 287 g/mol. The van der Waals surface area contributed by atoms with Gasteiger partial charge in [0.15, 0.2) is 0 Å². The molecule has 2 N–H and O–H groups in total. The van der Waals surface area contributed by atoms with Gasteiger partial charge in [0.25, 0.3) is 5.91 Å². The number of nitrogens with one attached hydrogen (secondary N) is 2. The lowest BCUT2D eigenvalue weighted by Gasteiger charge is -2.22. The summed E-state index contributed by atoms with van der Waals surface area (Å²) in [7, 11) is 1.62. The van der Waals surface area contributed by atoms with Gasteiger partial charge in [0.1, 0.15) is 11.9 Å². The highest BCUT2D eigenvalue weighted by Crippen LogP contribution is 2.12. The number of hydrogen-bond acceptors (Lipinski definition) is 4. The third kappa shape index (κ3) is 4.70. The second kappa shape index (κ2) is 7.99. The van der Waals surface area contributed by atoms with Gasteiger partial charge >= 0.3 is 0 Å². The van der Waals surface area contributed by atoms with Gasteiger partial charge in [-0.25, -0.2) is 0 Å². The summed E-state index contributed by atoms with van der Waals surface area (Å²) in [4.78, 5) is 11.8. The molecule has 0 aliphatic carbocycles. The number of methoxy groups -OCH3 is 1. The molecular weight excluding hydrogens is 268 g/mol. The van der Waals surface area contributed by atoms with E-state index < -0.39 is 0 Å². The third-order valence-electron chi connectivity index (χ3n) is 2.82. The van der Waals surface area contributed by atoms with Gasteiger partial charge in [-0.3, -0.25) is 4.79 Å². The Balaban J connectivity index is 0.00000180. The molecule has 1 amide bonds. The molecule has 0 aromatic heterocycles. The first-order valence-electron chi connectivity index (χ1n) is 6.02. The number of carbonyl (C=O) groups excluding carboxylic acids is 1. The number of amides is 1. The minimum atomic E-state index is -0.385. The Bertz CT molecular complexity index is 409. The van der Waals surface area contributed by atoms with Crippen molar-refractivity contribution in [3.05, 3.63) is 29.8 Å². The monoisotopic (exact) mass is 286 g/mol. The van der Waals surface area contributed by atoms with Gasteiger partial charge in [-0.15, -0.1) is 12.4 Å². The Morgan fingerprint density at radius 1 is 1.58 bits per heavy atom. The lowest BCUT2D eigenvalue weighted by molar-refractivity contribution is -0.134. The first kappa shape index (κ1) is 15.8. The van der Waals surface area contributed by atoms with E-state index in [9.17, 15) is 4.79 Å². The van der Waals surface area contributed by atoms with Crippen LogP contribution in [0, 0.1) is 0 Å². The van der Waals surface area contributed by atoms with Crippen molar-refractivity contribution >= 4 is 18.3 Å². The Labute approximate surface area is 119 Å². The van der Waals surface area contributed by atoms with Crippen molar-refractivity contribution in [3.8, 4) is 5.75 Å². The molecule has 1 aromatic carbocycles. The molecule has 1 heterocycles. The smallest absolute Gasteiger partial charge is 0.250 e. The second-order valence-corrected chi connectivity index (χ2v) is 4.13. The predicted molar refractivity (Wildman–Crippen MR) is 74.7 cm³/mol. The third-order valence-corrected chi connectivity index (χ3v) is 2.82. The molecule has 0 radical (unpaired) electrons. The Morgan fingerprint density at radius 3 is 3.11 bits per heavy atom. The van der Waals surface area contributed by atoms with Crippen LogP contribution in [0.25, 0.3) is 0 Å². The topological polar surface area (TPSA) is 59.6 Å². The maximum atomic E-state index is 11.8. The van der Waals surface area contributed by atoms with Gasteiger partial charge in [0.2, 0.25) is 0 Å². The van der Waals surface area contributed by atoms with E-state index in [1.807, 2.05) is 24.3 Å². The summed E-state index contributed by atoms with van der Waals surface area (Å²) < 4.78 is 10.5. The molecule has 6 heteroatoms. The standard InChI is InChI=1S/C13H18N2O3.ClH/c1-17-11-4-2-3-10(7-11)8-15-13(16)12-9-14-5-6-18-12;/h2-4,7,12,14H,5-6,8-9H2,1H3,(H,15,16);1H. The molecule has 0 bridgehead atoms. The van der Waals surface area contributed by atoms with Crippen molar-refractivity contribution in [1.82, 2.24) is 10.6 Å². The zero-order valence-corrected chi connectivity index (χ0v) is 11.7. The number of morpholine rings is 1. The Kier molecular flexibility index (Phi) is 6.62. The summed E-state index contributed by atoms with van der Waals surface area (Å²) in [5.74, 6) is 0.711. The maximum Gasteiger partial charge on any atom is 0.250 e. The maximum absolute atomic E-state index is 11.8. The van der Waals surface area contributed by atoms with E-state index in [1.54, 1.807) is 7.11 Å². The quantitative estimate of drug-likeness (QED) is 0.856. The molecule has 0 saturated carbocycles. The minimum absolute atomic E-state index is 0. The van der Waals surface area contributed by atoms with Gasteiger partial charge in [-0.05, 0) is 17.7 Å². The molecule has 0 spiro atoms. The van der Waals surface area contributed by atoms with E-state index in [1.165, 1.54) is 0 Å². The van der Waals surface area contributed by atoms with Crippen LogP contribution in [0.15, 0.2) is 24.3 Å². The van der Waals surface area contributed by atoms with Crippen LogP contribution in [-0.4, -0.2) is 38.8 Å². The number of halogens is 1. The molecule has 2 rings (SSSR count). The normalized spacial score (nSPS) is 18.3. The van der Waals surface area contributed by atoms with Gasteiger partial charge in [-0.1, -0.05) is 12.1 Å². The summed E-state index contributed by atoms with van der Waals surface area (Å²) in [6.45, 7) is 2.44. The van der Waals surface area contributed by atoms with E-state index >= 15 is 0 Å². The summed E-state index contributed by atoms with van der Waals surface area (Å²) in [5.41, 5.74) is 1.01. The van der Waals surface area contributed by atoms with E-state index in [2.05, 4.69) is 10.6 Å². The van der Waals surface area contributed by atoms with E-state index in [0.717, 1.165) is 17.9 Å². The molecule has 5 nitrogen and oxygen atoms in total. The Hall–Kier alpha value is -1.30. The molecule has 1 aliphatic rings. The first-order chi connectivity index (χ1) is 8.79. The summed E-state index contributed by atoms with van der Waals surface area (Å²) in [5, 5.41) is 5.99. The molecule has 1 aromatic rings. The predicted octanol–water partition coefficient (Wildman–Crippen LogP) is 0.722. The van der Waals surface area contributed by atoms with Crippen molar-refractivity contribution < 1.29 is 14.3 Å². The molecule has 1 fully saturated rings. The van der Waals surface area contributed by atoms with Crippen molar-refractivity contribution in [3.63, 3.8) is 0 Å². The summed E-state index contributed by atoms with van der Waals surface area (Å²) in [6, 6.07) is 7.63. The molecule has 1 unspecified atom stereocenters. The van der Waals surface area contributed by atoms with Gasteiger partial charge in [0.05, 0.1) is 13.7 Å². The highest BCUT2D eigenvalue weighted by atomic mass is 35.5. The zero-order valence-electron chi connectivity index (χ0n) is 10.8. The lowest BCUT2D eigenvalue weighted by atomic mass is 10.2. The minimum Gasteiger partial charge on any atom is -0.497 e. The van der Waals surface area contributed by atoms with Crippen molar-refractivity contribution in [2.24, 2.45) is 0 Å². The van der Waals surface area contributed by atoms with Crippen LogP contribution >= 0.6 is 12.4 Å². The highest BCUT2D eigenvalue weighted by molar-refractivity contribution is 5.85. The molecule has 1 saturated heterocycles. The van der Waals surface area contributed by atoms with Crippen molar-refractivity contribution in [1.29, 1.82) is 0 Å². The van der Waals surface area contributed by atoms with Crippen LogP contribution in [0.1, 0.15) is 5.56 Å². The highest BCUT2D eigenvalue weighted by Gasteiger charge is 2.21. The van der Waals surface area contributed by atoms with Crippen molar-refractivity contribution in [2.45, 2.75) is 12.6 Å². The molecule has 106 valence electrons. The van der Waals surface area contributed by atoms with E-state index in [-0.39, 0.29) is 24.4 Å². The number of ether oxygens (including phenoxy) is 2. The average Bonchev–Trinajstić information content (AvgIpc) is 2.46. The fourth-order valence-corrected chi connectivity index (χ4v) is 1.82. The number of hydrogen-bond donors (Lipinski definition) is 2. The van der Waals surface area contributed by atoms with Crippen LogP contribution < -0.4 is 15.4 Å². The summed E-state index contributed by atoms with van der Waals surface area (Å²) >= 11 is 0. The number of rotatable bonds is 4. The van der Waals surface area contributed by atoms with Crippen LogP contribution in [0.4, 0.5) is 0 Å². The molecule has 1 atom stereocenters. The molecule has 19 heavy (non-hydrogen) atoms. The van der Waals surface area contributed by atoms with E-state index in [4.69, 9.17) is 9.47 Å². The SMILES string of the molecule is COc1cccc(CNC(=O)C2CNCCO2)c1.Cl. The Morgan fingerprint density at radius 2 is 2.42 bits per heavy atom. The lowest BCUT2D eigenvalue weighted by Crippen LogP contribution is -2.47. The fraction of sp³-hybridized carbons (Fsp3) is 0.462. The van der Waals surface area contributed by atoms with Crippen LogP contribution in [0.5, 0.6) is 5.75 Å². The van der Waals surface area contributed by atoms with Gasteiger partial charge < -0.3 is 20.1 Å². The first-order valence-corrected chi connectivity index (χ1v) is 6.02. The number of benzene rings is 1. The summed E-state index contributed by atoms with van der Waals surface area (Å²) in [6.07, 6.45) is -0.385. The second-order valence-electron chi connectivity index (χ2n) is 4.13. The van der Waals surface area contributed by atoms with Crippen LogP contribution in [0.3, 0.4) is 0 Å². The number of carbonyl (C=O) groups is 1. The molecule has 1 aliphatic heterocycles. The fourth-order valence-electron chi connectivity index (χ4n) is 1.82. The van der Waals surface area contributed by atoms with E-state index in [0.29, 0.717) is 19.7 Å².